The van der Waals surface area contributed by atoms with E-state index in [2.05, 4.69) is 22.1 Å². The molecule has 1 unspecified atom stereocenters. The topological polar surface area (TPSA) is 94.5 Å². The van der Waals surface area contributed by atoms with E-state index in [1.165, 1.54) is 30.5 Å². The lowest BCUT2D eigenvalue weighted by Gasteiger charge is -2.30. The van der Waals surface area contributed by atoms with Crippen LogP contribution in [0, 0.1) is 6.92 Å². The molecule has 9 heteroatoms. The molecule has 0 bridgehead atoms. The second kappa shape index (κ2) is 10.9. The molecule has 0 saturated carbocycles. The molecule has 1 aliphatic rings. The van der Waals surface area contributed by atoms with Gasteiger partial charge >= 0.3 is 5.97 Å². The third-order valence-electron chi connectivity index (χ3n) is 5.52. The van der Waals surface area contributed by atoms with Crippen molar-refractivity contribution < 1.29 is 19.1 Å². The van der Waals surface area contributed by atoms with Gasteiger partial charge in [0.2, 0.25) is 23.2 Å². The molecule has 0 fully saturated rings. The Morgan fingerprint density at radius 1 is 1.11 bits per heavy atom. The first-order chi connectivity index (χ1) is 16.9. The van der Waals surface area contributed by atoms with Crippen LogP contribution in [0.3, 0.4) is 0 Å². The van der Waals surface area contributed by atoms with Crippen molar-refractivity contribution in [3.05, 3.63) is 53.6 Å². The van der Waals surface area contributed by atoms with Gasteiger partial charge in [-0.25, -0.2) is 0 Å². The summed E-state index contributed by atoms with van der Waals surface area (Å²) in [7, 11) is 0. The fourth-order valence-corrected chi connectivity index (χ4v) is 4.72. The first-order valence-corrected chi connectivity index (χ1v) is 12.6. The van der Waals surface area contributed by atoms with E-state index in [4.69, 9.17) is 9.47 Å². The van der Waals surface area contributed by atoms with Crippen LogP contribution in [0.25, 0.3) is 11.3 Å². The molecule has 8 nitrogen and oxygen atoms in total. The minimum Gasteiger partial charge on any atom is -0.447 e. The number of hydrogen-bond donors (Lipinski definition) is 0. The predicted octanol–water partition coefficient (Wildman–Crippen LogP) is 5.50. The van der Waals surface area contributed by atoms with Gasteiger partial charge in [-0.2, -0.15) is 4.98 Å². The smallest absolute Gasteiger partial charge is 0.308 e. The third-order valence-corrected chi connectivity index (χ3v) is 6.44. The van der Waals surface area contributed by atoms with Crippen LogP contribution in [-0.2, 0) is 9.59 Å². The lowest BCUT2D eigenvalue weighted by Crippen LogP contribution is -2.36. The van der Waals surface area contributed by atoms with Crippen molar-refractivity contribution in [3.63, 3.8) is 0 Å². The Morgan fingerprint density at radius 2 is 1.91 bits per heavy atom. The number of benzene rings is 2. The Hall–Kier alpha value is -3.46. The normalized spacial score (nSPS) is 14.4. The molecule has 1 aromatic heterocycles. The highest BCUT2D eigenvalue weighted by Crippen LogP contribution is 2.45. The number of para-hydroxylation sites is 1. The van der Waals surface area contributed by atoms with E-state index in [9.17, 15) is 9.59 Å². The maximum Gasteiger partial charge on any atom is 0.308 e. The molecule has 0 saturated heterocycles. The monoisotopic (exact) mass is 492 g/mol. The summed E-state index contributed by atoms with van der Waals surface area (Å²) in [6, 6.07) is 12.8. The van der Waals surface area contributed by atoms with Gasteiger partial charge in [-0.15, -0.1) is 10.2 Å². The van der Waals surface area contributed by atoms with Crippen LogP contribution in [0.15, 0.2) is 47.6 Å². The zero-order chi connectivity index (χ0) is 24.9. The Balaban J connectivity index is 1.86. The van der Waals surface area contributed by atoms with Gasteiger partial charge in [0.1, 0.15) is 5.75 Å². The summed E-state index contributed by atoms with van der Waals surface area (Å²) < 4.78 is 11.9. The van der Waals surface area contributed by atoms with E-state index in [0.29, 0.717) is 33.4 Å². The van der Waals surface area contributed by atoms with Crippen molar-refractivity contribution in [2.75, 3.05) is 10.7 Å². The van der Waals surface area contributed by atoms with Crippen LogP contribution < -0.4 is 14.4 Å². The zero-order valence-electron chi connectivity index (χ0n) is 20.3. The van der Waals surface area contributed by atoms with Gasteiger partial charge in [0.25, 0.3) is 0 Å². The van der Waals surface area contributed by atoms with Crippen molar-refractivity contribution in [2.45, 2.75) is 58.3 Å². The molecule has 35 heavy (non-hydrogen) atoms. The van der Waals surface area contributed by atoms with Crippen LogP contribution in [0.1, 0.15) is 57.4 Å². The van der Waals surface area contributed by atoms with Crippen molar-refractivity contribution >= 4 is 29.3 Å². The number of nitrogens with zero attached hydrogens (tertiary/aromatic N) is 4. The molecule has 0 radical (unpaired) electrons. The van der Waals surface area contributed by atoms with Gasteiger partial charge in [-0.3, -0.25) is 14.5 Å². The molecule has 0 N–H and O–H groups in total. The van der Waals surface area contributed by atoms with Gasteiger partial charge in [0.15, 0.2) is 5.69 Å². The van der Waals surface area contributed by atoms with Crippen LogP contribution >= 0.6 is 11.8 Å². The Labute approximate surface area is 209 Å². The maximum atomic E-state index is 13.0. The first kappa shape index (κ1) is 24.7. The second-order valence-electron chi connectivity index (χ2n) is 8.32. The number of amides is 1. The van der Waals surface area contributed by atoms with E-state index in [1.807, 2.05) is 43.3 Å². The van der Waals surface area contributed by atoms with E-state index >= 15 is 0 Å². The zero-order valence-corrected chi connectivity index (χ0v) is 21.1. The Bertz CT molecular complexity index is 1250. The van der Waals surface area contributed by atoms with E-state index < -0.39 is 12.2 Å². The fraction of sp³-hybridized carbons (Fsp3) is 0.346. The molecular weight excluding hydrogens is 464 g/mol. The third kappa shape index (κ3) is 5.45. The lowest BCUT2D eigenvalue weighted by atomic mass is 10.1. The standard InChI is InChI=1S/C26H28N4O4S/c1-5-6-9-14-35-26-27-24-23(28-29-26)19-10-7-8-11-21(19)30(17(3)31)25(34-24)20-15-16(2)12-13-22(20)33-18(4)32/h7-8,10-13,15,25H,5-6,9,14H2,1-4H3. The number of thioether (sulfide) groups is 1. The minimum absolute atomic E-state index is 0.243. The van der Waals surface area contributed by atoms with E-state index in [1.54, 1.807) is 6.07 Å². The molecule has 0 aliphatic carbocycles. The summed E-state index contributed by atoms with van der Waals surface area (Å²) in [4.78, 5) is 31.1. The largest absolute Gasteiger partial charge is 0.447 e. The van der Waals surface area contributed by atoms with E-state index in [0.717, 1.165) is 30.6 Å². The molecule has 182 valence electrons. The van der Waals surface area contributed by atoms with Crippen molar-refractivity contribution in [1.29, 1.82) is 0 Å². The summed E-state index contributed by atoms with van der Waals surface area (Å²) in [5.41, 5.74) is 3.21. The van der Waals surface area contributed by atoms with Crippen LogP contribution in [0.5, 0.6) is 11.6 Å². The molecule has 2 aromatic carbocycles. The lowest BCUT2D eigenvalue weighted by molar-refractivity contribution is -0.132. The number of carbonyl (C=O) groups excluding carboxylic acids is 2. The highest BCUT2D eigenvalue weighted by Gasteiger charge is 2.36. The van der Waals surface area contributed by atoms with Gasteiger partial charge in [0.05, 0.1) is 11.3 Å². The average molecular weight is 493 g/mol. The number of fused-ring (bicyclic) bond motifs is 3. The summed E-state index contributed by atoms with van der Waals surface area (Å²) in [5, 5.41) is 9.28. The van der Waals surface area contributed by atoms with Crippen molar-refractivity contribution in [3.8, 4) is 22.9 Å². The van der Waals surface area contributed by atoms with Crippen LogP contribution in [0.4, 0.5) is 5.69 Å². The molecule has 1 aliphatic heterocycles. The average Bonchev–Trinajstić information content (AvgIpc) is 2.97. The molecule has 2 heterocycles. The number of unbranched alkanes of at least 4 members (excludes halogenated alkanes) is 2. The number of aryl methyl sites for hydroxylation is 1. The molecule has 1 amide bonds. The van der Waals surface area contributed by atoms with Crippen LogP contribution in [0.2, 0.25) is 0 Å². The highest BCUT2D eigenvalue weighted by atomic mass is 32.2. The highest BCUT2D eigenvalue weighted by molar-refractivity contribution is 7.99. The Morgan fingerprint density at radius 3 is 2.66 bits per heavy atom. The number of rotatable bonds is 7. The summed E-state index contributed by atoms with van der Waals surface area (Å²) in [6.45, 7) is 6.89. The maximum absolute atomic E-state index is 13.0. The van der Waals surface area contributed by atoms with Crippen LogP contribution in [-0.4, -0.2) is 32.8 Å². The molecular formula is C26H28N4O4S. The number of esters is 1. The minimum atomic E-state index is -0.932. The SMILES string of the molecule is CCCCCSc1nnc2c(n1)OC(c1cc(C)ccc1OC(C)=O)N(C(C)=O)c1ccccc1-2. The molecule has 0 spiro atoms. The van der Waals surface area contributed by atoms with Gasteiger partial charge in [-0.1, -0.05) is 61.4 Å². The number of aromatic nitrogens is 3. The number of carbonyl (C=O) groups is 2. The molecule has 3 aromatic rings. The van der Waals surface area contributed by atoms with Gasteiger partial charge in [-0.05, 0) is 31.5 Å². The quantitative estimate of drug-likeness (QED) is 0.185. The van der Waals surface area contributed by atoms with Crippen molar-refractivity contribution in [1.82, 2.24) is 15.2 Å². The fourth-order valence-electron chi connectivity index (χ4n) is 3.94. The van der Waals surface area contributed by atoms with E-state index in [-0.39, 0.29) is 11.8 Å². The summed E-state index contributed by atoms with van der Waals surface area (Å²) in [6.07, 6.45) is 2.39. The van der Waals surface area contributed by atoms with Gasteiger partial charge < -0.3 is 9.47 Å². The molecule has 1 atom stereocenters. The number of hydrogen-bond acceptors (Lipinski definition) is 8. The Kier molecular flexibility index (Phi) is 7.65. The predicted molar refractivity (Wildman–Crippen MR) is 135 cm³/mol. The van der Waals surface area contributed by atoms with Crippen molar-refractivity contribution in [2.24, 2.45) is 0 Å². The number of ether oxygens (including phenoxy) is 2. The second-order valence-corrected chi connectivity index (χ2v) is 9.38. The molecule has 4 rings (SSSR count). The van der Waals surface area contributed by atoms with Gasteiger partial charge in [0, 0.05) is 25.2 Å². The summed E-state index contributed by atoms with van der Waals surface area (Å²) >= 11 is 1.52. The first-order valence-electron chi connectivity index (χ1n) is 11.6. The summed E-state index contributed by atoms with van der Waals surface area (Å²) in [5.74, 6) is 0.759. The number of anilines is 1.